The average molecular weight is 502 g/mol. The van der Waals surface area contributed by atoms with Crippen molar-refractivity contribution in [3.8, 4) is 0 Å². The summed E-state index contributed by atoms with van der Waals surface area (Å²) in [6.07, 6.45) is 4.95. The normalized spacial score (nSPS) is 19.5. The summed E-state index contributed by atoms with van der Waals surface area (Å²) in [4.78, 5) is 19.8. The third-order valence-electron chi connectivity index (χ3n) is 4.83. The van der Waals surface area contributed by atoms with Gasteiger partial charge in [0.25, 0.3) is 0 Å². The first kappa shape index (κ1) is 22.3. The molecule has 1 heterocycles. The zero-order chi connectivity index (χ0) is 18.2. The van der Waals surface area contributed by atoms with Crippen LogP contribution in [0.15, 0.2) is 40.2 Å². The van der Waals surface area contributed by atoms with Crippen LogP contribution < -0.4 is 10.6 Å². The second kappa shape index (κ2) is 11.8. The molecule has 1 aliphatic carbocycles. The van der Waals surface area contributed by atoms with Crippen LogP contribution in [0.25, 0.3) is 0 Å². The second-order valence-corrected chi connectivity index (χ2v) is 8.24. The van der Waals surface area contributed by atoms with Crippen LogP contribution in [0.1, 0.15) is 32.1 Å². The summed E-state index contributed by atoms with van der Waals surface area (Å²) < 4.78 is 0. The van der Waals surface area contributed by atoms with E-state index < -0.39 is 0 Å². The molecule has 27 heavy (non-hydrogen) atoms. The Kier molecular flexibility index (Phi) is 9.75. The maximum absolute atomic E-state index is 11.7. The number of benzene rings is 1. The quantitative estimate of drug-likeness (QED) is 0.188. The molecule has 5 nitrogen and oxygen atoms in total. The van der Waals surface area contributed by atoms with Crippen LogP contribution in [-0.2, 0) is 4.79 Å². The van der Waals surface area contributed by atoms with Crippen molar-refractivity contribution in [1.82, 2.24) is 15.5 Å². The van der Waals surface area contributed by atoms with Crippen molar-refractivity contribution in [2.45, 2.75) is 43.0 Å². The number of halogens is 1. The first-order valence-corrected chi connectivity index (χ1v) is 10.7. The van der Waals surface area contributed by atoms with E-state index in [0.717, 1.165) is 50.6 Å². The van der Waals surface area contributed by atoms with Crippen LogP contribution in [-0.4, -0.2) is 55.2 Å². The van der Waals surface area contributed by atoms with Gasteiger partial charge in [-0.3, -0.25) is 9.79 Å². The Hall–Kier alpha value is -0.960. The maximum Gasteiger partial charge on any atom is 0.220 e. The van der Waals surface area contributed by atoms with E-state index in [1.807, 2.05) is 18.8 Å². The Balaban J connectivity index is 0.00000261. The lowest BCUT2D eigenvalue weighted by molar-refractivity contribution is -0.121. The molecule has 2 N–H and O–H groups in total. The molecule has 0 bridgehead atoms. The van der Waals surface area contributed by atoms with E-state index in [0.29, 0.717) is 18.4 Å². The minimum absolute atomic E-state index is 0. The number of hydrogen-bond donors (Lipinski definition) is 2. The third-order valence-corrected chi connectivity index (χ3v) is 6.08. The summed E-state index contributed by atoms with van der Waals surface area (Å²) >= 11 is 1.94. The van der Waals surface area contributed by atoms with Gasteiger partial charge in [0.2, 0.25) is 5.91 Å². The van der Waals surface area contributed by atoms with Crippen molar-refractivity contribution >= 4 is 47.6 Å². The average Bonchev–Trinajstić information content (AvgIpc) is 3.35. The van der Waals surface area contributed by atoms with Gasteiger partial charge in [-0.2, -0.15) is 0 Å². The zero-order valence-corrected chi connectivity index (χ0v) is 19.2. The maximum atomic E-state index is 11.7. The molecular weight excluding hydrogens is 471 g/mol. The van der Waals surface area contributed by atoms with Crippen LogP contribution >= 0.6 is 35.7 Å². The molecule has 2 aliphatic rings. The van der Waals surface area contributed by atoms with Crippen LogP contribution in [0.2, 0.25) is 0 Å². The molecule has 2 fully saturated rings. The summed E-state index contributed by atoms with van der Waals surface area (Å²) in [5.41, 5.74) is 0. The number of aliphatic imine (C=N–C) groups is 1. The van der Waals surface area contributed by atoms with Crippen molar-refractivity contribution in [1.29, 1.82) is 0 Å². The number of hydrogen-bond acceptors (Lipinski definition) is 3. The Morgan fingerprint density at radius 1 is 1.26 bits per heavy atom. The molecule has 7 heteroatoms. The second-order valence-electron chi connectivity index (χ2n) is 7.14. The third kappa shape index (κ3) is 7.89. The van der Waals surface area contributed by atoms with Gasteiger partial charge in [-0.15, -0.1) is 35.7 Å². The van der Waals surface area contributed by atoms with E-state index in [1.54, 1.807) is 0 Å². The van der Waals surface area contributed by atoms with Crippen molar-refractivity contribution in [2.75, 3.05) is 32.4 Å². The van der Waals surface area contributed by atoms with Gasteiger partial charge in [-0.05, 0) is 43.7 Å². The highest BCUT2D eigenvalue weighted by Crippen LogP contribution is 2.25. The lowest BCUT2D eigenvalue weighted by Crippen LogP contribution is -2.40. The van der Waals surface area contributed by atoms with Crippen molar-refractivity contribution < 1.29 is 4.79 Å². The van der Waals surface area contributed by atoms with Crippen LogP contribution in [0, 0.1) is 5.92 Å². The van der Waals surface area contributed by atoms with E-state index in [1.165, 1.54) is 11.3 Å². The highest BCUT2D eigenvalue weighted by atomic mass is 127. The Morgan fingerprint density at radius 2 is 2.04 bits per heavy atom. The highest BCUT2D eigenvalue weighted by molar-refractivity contribution is 14.0. The molecule has 1 atom stereocenters. The SMILES string of the molecule is CN=C(NCCCC(=O)NC1CC1)N1CCC(CSc2ccccc2)C1.I. The Bertz CT molecular complexity index is 609. The van der Waals surface area contributed by atoms with E-state index in [4.69, 9.17) is 0 Å². The number of carbonyl (C=O) groups is 1. The molecule has 0 radical (unpaired) electrons. The lowest BCUT2D eigenvalue weighted by atomic mass is 10.2. The van der Waals surface area contributed by atoms with Gasteiger partial charge < -0.3 is 15.5 Å². The molecule has 1 amide bonds. The molecular formula is C20H31IN4OS. The van der Waals surface area contributed by atoms with Gasteiger partial charge in [0, 0.05) is 49.8 Å². The molecule has 1 saturated carbocycles. The number of rotatable bonds is 8. The standard InChI is InChI=1S/C20H30N4OS.HI/c1-21-20(22-12-5-8-19(25)23-17-9-10-17)24-13-11-16(14-24)15-26-18-6-3-2-4-7-18;/h2-4,6-7,16-17H,5,8-15H2,1H3,(H,21,22)(H,23,25);1H. The summed E-state index contributed by atoms with van der Waals surface area (Å²) in [7, 11) is 1.84. The molecule has 3 rings (SSSR count). The Morgan fingerprint density at radius 3 is 2.74 bits per heavy atom. The Labute approximate surface area is 184 Å². The molecule has 1 aromatic rings. The molecule has 1 unspecified atom stereocenters. The van der Waals surface area contributed by atoms with Crippen molar-refractivity contribution in [2.24, 2.45) is 10.9 Å². The molecule has 0 aromatic heterocycles. The van der Waals surface area contributed by atoms with Crippen LogP contribution in [0.4, 0.5) is 0 Å². The topological polar surface area (TPSA) is 56.7 Å². The minimum atomic E-state index is 0. The van der Waals surface area contributed by atoms with Gasteiger partial charge in [-0.1, -0.05) is 18.2 Å². The largest absolute Gasteiger partial charge is 0.356 e. The first-order valence-electron chi connectivity index (χ1n) is 9.67. The number of amides is 1. The van der Waals surface area contributed by atoms with Crippen molar-refractivity contribution in [3.63, 3.8) is 0 Å². The fourth-order valence-corrected chi connectivity index (χ4v) is 4.25. The van der Waals surface area contributed by atoms with Gasteiger partial charge in [0.05, 0.1) is 0 Å². The van der Waals surface area contributed by atoms with Gasteiger partial charge >= 0.3 is 0 Å². The number of nitrogens with one attached hydrogen (secondary N) is 2. The van der Waals surface area contributed by atoms with E-state index in [2.05, 4.69) is 50.9 Å². The zero-order valence-electron chi connectivity index (χ0n) is 16.0. The minimum Gasteiger partial charge on any atom is -0.356 e. The molecule has 1 saturated heterocycles. The van der Waals surface area contributed by atoms with E-state index >= 15 is 0 Å². The van der Waals surface area contributed by atoms with E-state index in [-0.39, 0.29) is 29.9 Å². The number of likely N-dealkylation sites (tertiary alicyclic amines) is 1. The van der Waals surface area contributed by atoms with E-state index in [9.17, 15) is 4.79 Å². The number of nitrogens with zero attached hydrogens (tertiary/aromatic N) is 2. The summed E-state index contributed by atoms with van der Waals surface area (Å²) in [6, 6.07) is 11.1. The predicted octanol–water partition coefficient (Wildman–Crippen LogP) is 3.35. The van der Waals surface area contributed by atoms with Gasteiger partial charge in [0.15, 0.2) is 5.96 Å². The smallest absolute Gasteiger partial charge is 0.220 e. The number of carbonyl (C=O) groups excluding carboxylic acids is 1. The molecule has 1 aliphatic heterocycles. The predicted molar refractivity (Wildman–Crippen MR) is 124 cm³/mol. The van der Waals surface area contributed by atoms with Crippen LogP contribution in [0.5, 0.6) is 0 Å². The molecule has 0 spiro atoms. The monoisotopic (exact) mass is 502 g/mol. The summed E-state index contributed by atoms with van der Waals surface area (Å²) in [5, 5.41) is 6.45. The summed E-state index contributed by atoms with van der Waals surface area (Å²) in [5.74, 6) is 3.00. The van der Waals surface area contributed by atoms with Gasteiger partial charge in [-0.25, -0.2) is 0 Å². The lowest BCUT2D eigenvalue weighted by Gasteiger charge is -2.21. The fourth-order valence-electron chi connectivity index (χ4n) is 3.20. The summed E-state index contributed by atoms with van der Waals surface area (Å²) in [6.45, 7) is 2.91. The molecule has 1 aromatic carbocycles. The molecule has 150 valence electrons. The van der Waals surface area contributed by atoms with Crippen LogP contribution in [0.3, 0.4) is 0 Å². The fraction of sp³-hybridized carbons (Fsp3) is 0.600. The van der Waals surface area contributed by atoms with Gasteiger partial charge in [0.1, 0.15) is 0 Å². The highest BCUT2D eigenvalue weighted by Gasteiger charge is 2.25. The number of thioether (sulfide) groups is 1. The number of guanidine groups is 1. The first-order chi connectivity index (χ1) is 12.7. The van der Waals surface area contributed by atoms with Crippen molar-refractivity contribution in [3.05, 3.63) is 30.3 Å².